The molecule has 0 aromatic heterocycles. The van der Waals surface area contributed by atoms with Crippen molar-refractivity contribution in [2.24, 2.45) is 0 Å². The zero-order valence-electron chi connectivity index (χ0n) is 14.5. The first-order valence-electron chi connectivity index (χ1n) is 7.98. The summed E-state index contributed by atoms with van der Waals surface area (Å²) in [4.78, 5) is 25.4. The van der Waals surface area contributed by atoms with Crippen LogP contribution in [0.3, 0.4) is 0 Å². The van der Waals surface area contributed by atoms with Crippen LogP contribution in [0.1, 0.15) is 19.4 Å². The summed E-state index contributed by atoms with van der Waals surface area (Å²) in [6, 6.07) is 10.0. The molecule has 0 saturated heterocycles. The smallest absolute Gasteiger partial charge is 0.231 e. The fourth-order valence-electron chi connectivity index (χ4n) is 2.80. The molecule has 1 aliphatic carbocycles. The summed E-state index contributed by atoms with van der Waals surface area (Å²) in [6.45, 7) is 10.4. The summed E-state index contributed by atoms with van der Waals surface area (Å²) in [6.07, 6.45) is 0.649. The molecular weight excluding hydrogens is 304 g/mol. The van der Waals surface area contributed by atoms with Crippen molar-refractivity contribution in [1.82, 2.24) is 0 Å². The minimum absolute atomic E-state index is 0.160. The lowest BCUT2D eigenvalue weighted by molar-refractivity contribution is -0.117. The Bertz CT molecular complexity index is 691. The van der Waals surface area contributed by atoms with Gasteiger partial charge in [-0.1, -0.05) is 55.2 Å². The molecule has 0 saturated carbocycles. The highest BCUT2D eigenvalue weighted by molar-refractivity contribution is 6.84. The summed E-state index contributed by atoms with van der Waals surface area (Å²) in [5.41, 5.74) is 1.92. The fraction of sp³-hybridized carbons (Fsp3) is 0.368. The lowest BCUT2D eigenvalue weighted by atomic mass is 10.1. The Kier molecular flexibility index (Phi) is 5.05. The number of benzene rings is 1. The highest BCUT2D eigenvalue weighted by atomic mass is 28.3. The summed E-state index contributed by atoms with van der Waals surface area (Å²) in [5.74, 6) is -0.161. The zero-order valence-corrected chi connectivity index (χ0v) is 15.5. The molecule has 1 aliphatic rings. The van der Waals surface area contributed by atoms with Crippen molar-refractivity contribution in [3.63, 3.8) is 0 Å². The quantitative estimate of drug-likeness (QED) is 0.468. The summed E-state index contributed by atoms with van der Waals surface area (Å²) >= 11 is 0. The first-order valence-corrected chi connectivity index (χ1v) is 11.5. The van der Waals surface area contributed by atoms with E-state index in [2.05, 4.69) is 19.6 Å². The van der Waals surface area contributed by atoms with E-state index in [9.17, 15) is 9.59 Å². The minimum Gasteiger partial charge on any atom is -0.489 e. The van der Waals surface area contributed by atoms with Gasteiger partial charge in [-0.15, -0.1) is 0 Å². The Morgan fingerprint density at radius 1 is 1.04 bits per heavy atom. The average Bonchev–Trinajstić information content (AvgIpc) is 2.69. The Morgan fingerprint density at radius 2 is 1.65 bits per heavy atom. The van der Waals surface area contributed by atoms with Crippen molar-refractivity contribution in [2.75, 3.05) is 6.61 Å². The maximum atomic E-state index is 12.8. The van der Waals surface area contributed by atoms with Crippen LogP contribution in [-0.2, 0) is 20.7 Å². The number of ketones is 2. The lowest BCUT2D eigenvalue weighted by Gasteiger charge is -2.23. The van der Waals surface area contributed by atoms with Gasteiger partial charge >= 0.3 is 0 Å². The van der Waals surface area contributed by atoms with Gasteiger partial charge in [0.15, 0.2) is 11.5 Å². The second-order valence-corrected chi connectivity index (χ2v) is 11.9. The van der Waals surface area contributed by atoms with Crippen LogP contribution in [0.15, 0.2) is 52.4 Å². The summed E-state index contributed by atoms with van der Waals surface area (Å²) in [5, 5.41) is 1.01. The maximum Gasteiger partial charge on any atom is 0.231 e. The predicted molar refractivity (Wildman–Crippen MR) is 94.9 cm³/mol. The van der Waals surface area contributed by atoms with Crippen LogP contribution in [0.25, 0.3) is 0 Å². The molecule has 0 atom stereocenters. The van der Waals surface area contributed by atoms with Crippen molar-refractivity contribution in [3.05, 3.63) is 58.0 Å². The normalized spacial score (nSPS) is 17.8. The Labute approximate surface area is 139 Å². The summed E-state index contributed by atoms with van der Waals surface area (Å²) < 4.78 is 5.43. The number of ether oxygens (including phenoxy) is 1. The van der Waals surface area contributed by atoms with Crippen LogP contribution in [0.5, 0.6) is 0 Å². The largest absolute Gasteiger partial charge is 0.489 e. The van der Waals surface area contributed by atoms with Crippen molar-refractivity contribution in [3.8, 4) is 0 Å². The highest BCUT2D eigenvalue weighted by Crippen LogP contribution is 2.32. The standard InChI is InChI=1S/C19H24O3Si/c1-6-22-19-13(2)17(20)16(18(19)21)15(23(3,4)5)12-14-10-8-7-9-11-14/h7-11H,6,12H2,1-5H3/b16-15-. The Morgan fingerprint density at radius 3 is 2.17 bits per heavy atom. The first-order chi connectivity index (χ1) is 10.8. The van der Waals surface area contributed by atoms with Gasteiger partial charge in [0.25, 0.3) is 0 Å². The number of carbonyl (C=O) groups excluding carboxylic acids is 2. The van der Waals surface area contributed by atoms with Crippen LogP contribution < -0.4 is 0 Å². The molecule has 0 N–H and O–H groups in total. The van der Waals surface area contributed by atoms with Gasteiger partial charge in [0.2, 0.25) is 5.78 Å². The zero-order chi connectivity index (χ0) is 17.2. The monoisotopic (exact) mass is 328 g/mol. The Hall–Kier alpha value is -1.94. The van der Waals surface area contributed by atoms with Crippen molar-refractivity contribution < 1.29 is 14.3 Å². The molecule has 1 aromatic rings. The average molecular weight is 328 g/mol. The van der Waals surface area contributed by atoms with Crippen LogP contribution in [0.4, 0.5) is 0 Å². The number of hydrogen-bond acceptors (Lipinski definition) is 3. The molecule has 0 amide bonds. The van der Waals surface area contributed by atoms with Gasteiger partial charge in [0.05, 0.1) is 20.3 Å². The molecule has 0 heterocycles. The number of allylic oxidation sites excluding steroid dienone is 3. The SMILES string of the molecule is CCOC1=C(C)C(=O)/C(=C(\Cc2ccccc2)[Si](C)(C)C)C1=O. The van der Waals surface area contributed by atoms with Gasteiger partial charge in [0, 0.05) is 5.57 Å². The molecule has 0 spiro atoms. The van der Waals surface area contributed by atoms with Gasteiger partial charge in [-0.2, -0.15) is 0 Å². The second-order valence-electron chi connectivity index (χ2n) is 6.81. The van der Waals surface area contributed by atoms with Crippen LogP contribution in [-0.4, -0.2) is 26.2 Å². The highest BCUT2D eigenvalue weighted by Gasteiger charge is 2.39. The third kappa shape index (κ3) is 3.53. The lowest BCUT2D eigenvalue weighted by Crippen LogP contribution is -2.30. The molecule has 2 rings (SSSR count). The van der Waals surface area contributed by atoms with E-state index in [1.165, 1.54) is 0 Å². The first kappa shape index (κ1) is 17.4. The van der Waals surface area contributed by atoms with E-state index >= 15 is 0 Å². The van der Waals surface area contributed by atoms with Crippen LogP contribution >= 0.6 is 0 Å². The number of rotatable bonds is 5. The van der Waals surface area contributed by atoms with Gasteiger partial charge in [-0.05, 0) is 25.8 Å². The molecular formula is C19H24O3Si. The van der Waals surface area contributed by atoms with E-state index in [0.29, 0.717) is 24.2 Å². The third-order valence-electron chi connectivity index (χ3n) is 4.06. The summed E-state index contributed by atoms with van der Waals surface area (Å²) in [7, 11) is -1.84. The second kappa shape index (κ2) is 6.67. The van der Waals surface area contributed by atoms with Gasteiger partial charge in [-0.25, -0.2) is 0 Å². The molecule has 23 heavy (non-hydrogen) atoms. The van der Waals surface area contributed by atoms with Gasteiger partial charge < -0.3 is 4.74 Å². The molecule has 0 bridgehead atoms. The van der Waals surface area contributed by atoms with Crippen LogP contribution in [0.2, 0.25) is 19.6 Å². The molecule has 0 unspecified atom stereocenters. The van der Waals surface area contributed by atoms with Crippen molar-refractivity contribution >= 4 is 19.6 Å². The minimum atomic E-state index is -1.84. The Balaban J connectivity index is 2.53. The van der Waals surface area contributed by atoms with E-state index in [1.807, 2.05) is 37.3 Å². The topological polar surface area (TPSA) is 43.4 Å². The molecule has 4 heteroatoms. The molecule has 0 aliphatic heterocycles. The van der Waals surface area contributed by atoms with E-state index in [-0.39, 0.29) is 17.3 Å². The van der Waals surface area contributed by atoms with Crippen molar-refractivity contribution in [2.45, 2.75) is 39.9 Å². The number of carbonyl (C=O) groups is 2. The van der Waals surface area contributed by atoms with Crippen molar-refractivity contribution in [1.29, 1.82) is 0 Å². The van der Waals surface area contributed by atoms with E-state index in [0.717, 1.165) is 10.8 Å². The number of Topliss-reactive ketones (excluding diaryl/α,β-unsaturated/α-hetero) is 2. The van der Waals surface area contributed by atoms with E-state index in [4.69, 9.17) is 4.74 Å². The molecule has 0 fully saturated rings. The molecule has 0 radical (unpaired) electrons. The van der Waals surface area contributed by atoms with Gasteiger partial charge in [0.1, 0.15) is 0 Å². The van der Waals surface area contributed by atoms with Crippen LogP contribution in [0, 0.1) is 0 Å². The third-order valence-corrected chi connectivity index (χ3v) is 6.30. The van der Waals surface area contributed by atoms with Gasteiger partial charge in [-0.3, -0.25) is 9.59 Å². The molecule has 3 nitrogen and oxygen atoms in total. The molecule has 122 valence electrons. The molecule has 1 aromatic carbocycles. The van der Waals surface area contributed by atoms with E-state index in [1.54, 1.807) is 6.92 Å². The maximum absolute atomic E-state index is 12.8. The predicted octanol–water partition coefficient (Wildman–Crippen LogP) is 3.87. The fourth-order valence-corrected chi connectivity index (χ4v) is 4.51. The number of hydrogen-bond donors (Lipinski definition) is 0. The van der Waals surface area contributed by atoms with E-state index < -0.39 is 8.07 Å².